The molecule has 0 spiro atoms. The topological polar surface area (TPSA) is 67.2 Å². The summed E-state index contributed by atoms with van der Waals surface area (Å²) in [6.45, 7) is 3.73. The van der Waals surface area contributed by atoms with Crippen molar-refractivity contribution >= 4 is 9.84 Å². The highest BCUT2D eigenvalue weighted by Gasteiger charge is 2.18. The van der Waals surface area contributed by atoms with Gasteiger partial charge < -0.3 is 4.74 Å². The van der Waals surface area contributed by atoms with E-state index in [9.17, 15) is 8.42 Å². The Morgan fingerprint density at radius 3 is 2.60 bits per heavy atom. The zero-order valence-electron chi connectivity index (χ0n) is 12.2. The maximum atomic E-state index is 12.2. The Morgan fingerprint density at radius 2 is 2.00 bits per heavy atom. The van der Waals surface area contributed by atoms with Crippen LogP contribution in [0.3, 0.4) is 0 Å². The largest absolute Gasteiger partial charge is 0.497 e. The molecule has 4 nitrogen and oxygen atoms in total. The zero-order valence-corrected chi connectivity index (χ0v) is 13.0. The number of nitriles is 1. The van der Waals surface area contributed by atoms with Crippen molar-refractivity contribution in [3.05, 3.63) is 24.3 Å². The molecule has 1 aromatic carbocycles. The van der Waals surface area contributed by atoms with Gasteiger partial charge in [-0.15, -0.1) is 0 Å². The van der Waals surface area contributed by atoms with Gasteiger partial charge in [0.2, 0.25) is 0 Å². The highest BCUT2D eigenvalue weighted by molar-refractivity contribution is 7.91. The second kappa shape index (κ2) is 6.76. The molecule has 0 aliphatic heterocycles. The molecule has 0 fully saturated rings. The maximum Gasteiger partial charge on any atom is 0.178 e. The molecule has 0 aromatic heterocycles. The van der Waals surface area contributed by atoms with E-state index in [0.717, 1.165) is 6.42 Å². The normalized spacial score (nSPS) is 11.9. The predicted octanol–water partition coefficient (Wildman–Crippen LogP) is 3.19. The van der Waals surface area contributed by atoms with Crippen LogP contribution in [0.2, 0.25) is 0 Å². The summed E-state index contributed by atoms with van der Waals surface area (Å²) in [5.74, 6) is 0.637. The van der Waals surface area contributed by atoms with Crippen molar-refractivity contribution < 1.29 is 13.2 Å². The van der Waals surface area contributed by atoms with Crippen LogP contribution in [0.5, 0.6) is 5.75 Å². The van der Waals surface area contributed by atoms with Crippen LogP contribution < -0.4 is 4.74 Å². The van der Waals surface area contributed by atoms with Crippen LogP contribution in [0, 0.1) is 16.7 Å². The lowest BCUT2D eigenvalue weighted by molar-refractivity contribution is 0.413. The lowest BCUT2D eigenvalue weighted by Gasteiger charge is -2.14. The number of ether oxygens (including phenoxy) is 1. The molecular weight excluding hydrogens is 274 g/mol. The summed E-state index contributed by atoms with van der Waals surface area (Å²) in [4.78, 5) is 0.288. The summed E-state index contributed by atoms with van der Waals surface area (Å²) in [5, 5.41) is 8.91. The van der Waals surface area contributed by atoms with Crippen LogP contribution in [0.4, 0.5) is 0 Å². The van der Waals surface area contributed by atoms with Gasteiger partial charge in [0.15, 0.2) is 9.84 Å². The Balaban J connectivity index is 2.60. The van der Waals surface area contributed by atoms with Crippen molar-refractivity contribution in [3.63, 3.8) is 0 Å². The molecule has 0 bridgehead atoms. The number of nitrogens with zero attached hydrogens (tertiary/aromatic N) is 1. The van der Waals surface area contributed by atoms with Gasteiger partial charge in [0.05, 0.1) is 29.2 Å². The fourth-order valence-corrected chi connectivity index (χ4v) is 3.23. The molecule has 0 unspecified atom stereocenters. The van der Waals surface area contributed by atoms with Crippen molar-refractivity contribution in [1.82, 2.24) is 0 Å². The number of rotatable bonds is 7. The van der Waals surface area contributed by atoms with Crippen molar-refractivity contribution in [3.8, 4) is 11.8 Å². The average Bonchev–Trinajstić information content (AvgIpc) is 2.44. The summed E-state index contributed by atoms with van der Waals surface area (Å²) < 4.78 is 29.4. The molecule has 0 saturated carbocycles. The van der Waals surface area contributed by atoms with Crippen molar-refractivity contribution in [2.45, 2.75) is 38.0 Å². The van der Waals surface area contributed by atoms with Crippen molar-refractivity contribution in [2.75, 3.05) is 12.9 Å². The third-order valence-corrected chi connectivity index (χ3v) is 4.97. The van der Waals surface area contributed by atoms with E-state index in [0.29, 0.717) is 18.6 Å². The lowest BCUT2D eigenvalue weighted by Crippen LogP contribution is -2.10. The van der Waals surface area contributed by atoms with E-state index in [2.05, 4.69) is 6.07 Å². The van der Waals surface area contributed by atoms with Gasteiger partial charge in [0.25, 0.3) is 0 Å². The van der Waals surface area contributed by atoms with Crippen LogP contribution in [0.15, 0.2) is 29.2 Å². The smallest absolute Gasteiger partial charge is 0.178 e. The molecule has 0 saturated heterocycles. The highest BCUT2D eigenvalue weighted by Crippen LogP contribution is 2.23. The van der Waals surface area contributed by atoms with E-state index >= 15 is 0 Å². The summed E-state index contributed by atoms with van der Waals surface area (Å²) >= 11 is 0. The van der Waals surface area contributed by atoms with Gasteiger partial charge in [-0.1, -0.05) is 12.5 Å². The van der Waals surface area contributed by atoms with E-state index in [4.69, 9.17) is 10.00 Å². The van der Waals surface area contributed by atoms with Gasteiger partial charge in [-0.05, 0) is 44.9 Å². The Labute approximate surface area is 121 Å². The monoisotopic (exact) mass is 295 g/mol. The first-order chi connectivity index (χ1) is 9.30. The summed E-state index contributed by atoms with van der Waals surface area (Å²) in [7, 11) is -1.77. The Kier molecular flexibility index (Phi) is 5.58. The van der Waals surface area contributed by atoms with Gasteiger partial charge in [0, 0.05) is 0 Å². The van der Waals surface area contributed by atoms with Gasteiger partial charge in [0.1, 0.15) is 5.75 Å². The van der Waals surface area contributed by atoms with Crippen LogP contribution in [-0.4, -0.2) is 21.3 Å². The average molecular weight is 295 g/mol. The van der Waals surface area contributed by atoms with E-state index in [1.807, 2.05) is 13.8 Å². The molecule has 0 aliphatic carbocycles. The first-order valence-electron chi connectivity index (χ1n) is 6.59. The number of hydrogen-bond donors (Lipinski definition) is 0. The molecule has 1 rings (SSSR count). The summed E-state index contributed by atoms with van der Waals surface area (Å²) in [6, 6.07) is 8.72. The third-order valence-electron chi connectivity index (χ3n) is 3.17. The molecule has 0 atom stereocenters. The van der Waals surface area contributed by atoms with Gasteiger partial charge in [-0.3, -0.25) is 0 Å². The SMILES string of the molecule is COc1cccc(S(=O)(=O)CCCCC(C)(C)C#N)c1. The molecule has 0 amide bonds. The zero-order chi connectivity index (χ0) is 15.2. The quantitative estimate of drug-likeness (QED) is 0.724. The molecular formula is C15H21NO3S. The van der Waals surface area contributed by atoms with Crippen molar-refractivity contribution in [2.24, 2.45) is 5.41 Å². The number of methoxy groups -OCH3 is 1. The van der Waals surface area contributed by atoms with E-state index in [1.54, 1.807) is 18.2 Å². The standard InChI is InChI=1S/C15H21NO3S/c1-15(2,12-16)9-4-5-10-20(17,18)14-8-6-7-13(11-14)19-3/h6-8,11H,4-5,9-10H2,1-3H3. The minimum absolute atomic E-state index is 0.0989. The Bertz CT molecular complexity index is 585. The maximum absolute atomic E-state index is 12.2. The minimum atomic E-state index is -3.28. The van der Waals surface area contributed by atoms with Crippen molar-refractivity contribution in [1.29, 1.82) is 5.26 Å². The molecule has 0 heterocycles. The van der Waals surface area contributed by atoms with E-state index < -0.39 is 9.84 Å². The number of unbranched alkanes of at least 4 members (excludes halogenated alkanes) is 1. The second-order valence-electron chi connectivity index (χ2n) is 5.45. The molecule has 20 heavy (non-hydrogen) atoms. The summed E-state index contributed by atoms with van der Waals surface area (Å²) in [6.07, 6.45) is 1.99. The summed E-state index contributed by atoms with van der Waals surface area (Å²) in [5.41, 5.74) is -0.389. The molecule has 110 valence electrons. The molecule has 5 heteroatoms. The number of benzene rings is 1. The fourth-order valence-electron chi connectivity index (χ4n) is 1.83. The molecule has 0 radical (unpaired) electrons. The first kappa shape index (κ1) is 16.5. The van der Waals surface area contributed by atoms with Gasteiger partial charge >= 0.3 is 0 Å². The molecule has 1 aromatic rings. The van der Waals surface area contributed by atoms with Crippen LogP contribution in [0.25, 0.3) is 0 Å². The minimum Gasteiger partial charge on any atom is -0.497 e. The van der Waals surface area contributed by atoms with E-state index in [-0.39, 0.29) is 16.1 Å². The first-order valence-corrected chi connectivity index (χ1v) is 8.24. The number of hydrogen-bond acceptors (Lipinski definition) is 4. The molecule has 0 aliphatic rings. The molecule has 0 N–H and O–H groups in total. The Hall–Kier alpha value is -1.54. The number of sulfone groups is 1. The van der Waals surface area contributed by atoms with Crippen LogP contribution in [-0.2, 0) is 9.84 Å². The predicted molar refractivity (Wildman–Crippen MR) is 78.3 cm³/mol. The highest BCUT2D eigenvalue weighted by atomic mass is 32.2. The van der Waals surface area contributed by atoms with Gasteiger partial charge in [-0.25, -0.2) is 8.42 Å². The van der Waals surface area contributed by atoms with Crippen LogP contribution >= 0.6 is 0 Å². The Morgan fingerprint density at radius 1 is 1.30 bits per heavy atom. The second-order valence-corrected chi connectivity index (χ2v) is 7.56. The third kappa shape index (κ3) is 4.86. The lowest BCUT2D eigenvalue weighted by atomic mass is 9.89. The van der Waals surface area contributed by atoms with E-state index in [1.165, 1.54) is 13.2 Å². The fraction of sp³-hybridized carbons (Fsp3) is 0.533. The van der Waals surface area contributed by atoms with Gasteiger partial charge in [-0.2, -0.15) is 5.26 Å². The van der Waals surface area contributed by atoms with Crippen LogP contribution in [0.1, 0.15) is 33.1 Å².